The number of likely N-dealkylation sites (tertiary alicyclic amines) is 1. The van der Waals surface area contributed by atoms with Gasteiger partial charge in [0.1, 0.15) is 0 Å². The monoisotopic (exact) mass is 333 g/mol. The molecule has 0 N–H and O–H groups in total. The first-order valence-corrected chi connectivity index (χ1v) is 9.39. The molecule has 0 unspecified atom stereocenters. The van der Waals surface area contributed by atoms with Crippen LogP contribution >= 0.6 is 11.8 Å². The number of amides is 1. The summed E-state index contributed by atoms with van der Waals surface area (Å²) in [4.78, 5) is 15.7. The van der Waals surface area contributed by atoms with E-state index in [0.29, 0.717) is 18.9 Å². The van der Waals surface area contributed by atoms with Crippen LogP contribution in [0.25, 0.3) is 0 Å². The van der Waals surface area contributed by atoms with Crippen LogP contribution in [-0.2, 0) is 16.0 Å². The molecule has 0 aliphatic carbocycles. The van der Waals surface area contributed by atoms with Gasteiger partial charge in [-0.2, -0.15) is 0 Å². The maximum atomic E-state index is 12.4. The zero-order valence-electron chi connectivity index (χ0n) is 14.0. The maximum absolute atomic E-state index is 12.4. The normalized spacial score (nSPS) is 15.6. The smallest absolute Gasteiger partial charge is 0.226 e. The number of nitrogens with zero attached hydrogens (tertiary/aromatic N) is 1. The largest absolute Gasteiger partial charge is 0.377 e. The lowest BCUT2D eigenvalue weighted by Gasteiger charge is -2.32. The lowest BCUT2D eigenvalue weighted by Crippen LogP contribution is -2.40. The van der Waals surface area contributed by atoms with Gasteiger partial charge in [-0.05, 0) is 42.2 Å². The molecule has 0 bridgehead atoms. The van der Waals surface area contributed by atoms with Crippen molar-refractivity contribution in [2.45, 2.75) is 31.1 Å². The van der Waals surface area contributed by atoms with Gasteiger partial charge in [-0.25, -0.2) is 0 Å². The summed E-state index contributed by atoms with van der Waals surface area (Å²) in [5, 5.41) is 0. The Kier molecular flexibility index (Phi) is 7.69. The molecule has 1 amide bonds. The second-order valence-corrected chi connectivity index (χ2v) is 7.24. The van der Waals surface area contributed by atoms with Crippen molar-refractivity contribution in [1.29, 1.82) is 0 Å². The first-order chi connectivity index (χ1) is 11.2. The highest BCUT2D eigenvalue weighted by Gasteiger charge is 2.22. The van der Waals surface area contributed by atoms with Crippen LogP contribution in [0, 0.1) is 5.92 Å². The predicted molar refractivity (Wildman–Crippen MR) is 96.9 cm³/mol. The Balaban J connectivity index is 1.75. The first kappa shape index (κ1) is 18.1. The van der Waals surface area contributed by atoms with Crippen LogP contribution in [-0.4, -0.2) is 42.9 Å². The number of ether oxygens (including phenoxy) is 1. The molecule has 3 nitrogen and oxygen atoms in total. The van der Waals surface area contributed by atoms with Crippen molar-refractivity contribution < 1.29 is 9.53 Å². The zero-order chi connectivity index (χ0) is 16.5. The van der Waals surface area contributed by atoms with E-state index in [4.69, 9.17) is 4.74 Å². The second kappa shape index (κ2) is 9.78. The molecule has 0 spiro atoms. The maximum Gasteiger partial charge on any atom is 0.226 e. The van der Waals surface area contributed by atoms with Crippen molar-refractivity contribution in [3.05, 3.63) is 42.5 Å². The molecule has 126 valence electrons. The van der Waals surface area contributed by atoms with E-state index in [-0.39, 0.29) is 5.91 Å². The topological polar surface area (TPSA) is 29.5 Å². The van der Waals surface area contributed by atoms with Crippen LogP contribution in [0.2, 0.25) is 0 Å². The minimum absolute atomic E-state index is 0.242. The number of piperidine rings is 1. The van der Waals surface area contributed by atoms with Crippen LogP contribution in [0.1, 0.15) is 25.3 Å². The highest BCUT2D eigenvalue weighted by molar-refractivity contribution is 7.99. The summed E-state index contributed by atoms with van der Waals surface area (Å²) in [6, 6.07) is 8.37. The number of benzene rings is 1. The van der Waals surface area contributed by atoms with Gasteiger partial charge in [0.25, 0.3) is 0 Å². The van der Waals surface area contributed by atoms with Crippen LogP contribution in [0.3, 0.4) is 0 Å². The Morgan fingerprint density at radius 3 is 2.65 bits per heavy atom. The molecule has 23 heavy (non-hydrogen) atoms. The summed E-state index contributed by atoms with van der Waals surface area (Å²) in [6.07, 6.45) is 4.36. The molecule has 0 saturated carbocycles. The van der Waals surface area contributed by atoms with E-state index in [0.717, 1.165) is 43.9 Å². The molecule has 0 aromatic heterocycles. The van der Waals surface area contributed by atoms with Crippen molar-refractivity contribution >= 4 is 17.7 Å². The molecule has 2 rings (SSSR count). The van der Waals surface area contributed by atoms with Crippen molar-refractivity contribution in [2.75, 3.05) is 32.1 Å². The van der Waals surface area contributed by atoms with E-state index >= 15 is 0 Å². The molecule has 0 atom stereocenters. The average Bonchev–Trinajstić information content (AvgIpc) is 2.58. The van der Waals surface area contributed by atoms with Crippen LogP contribution in [0.15, 0.2) is 41.8 Å². The van der Waals surface area contributed by atoms with E-state index in [9.17, 15) is 4.79 Å². The first-order valence-electron chi connectivity index (χ1n) is 8.41. The van der Waals surface area contributed by atoms with E-state index in [1.54, 1.807) is 6.08 Å². The number of carbonyl (C=O) groups excluding carboxylic acids is 1. The molecular weight excluding hydrogens is 306 g/mol. The number of hydrogen-bond acceptors (Lipinski definition) is 3. The molecule has 4 heteroatoms. The second-order valence-electron chi connectivity index (χ2n) is 5.90. The molecule has 1 aliphatic rings. The number of hydrogen-bond donors (Lipinski definition) is 0. The summed E-state index contributed by atoms with van der Waals surface area (Å²) >= 11 is 1.83. The van der Waals surface area contributed by atoms with Gasteiger partial charge < -0.3 is 9.64 Å². The van der Waals surface area contributed by atoms with Crippen LogP contribution in [0.4, 0.5) is 0 Å². The molecule has 1 heterocycles. The Hall–Kier alpha value is -1.26. The fourth-order valence-electron chi connectivity index (χ4n) is 2.82. The summed E-state index contributed by atoms with van der Waals surface area (Å²) in [5.74, 6) is 1.89. The predicted octanol–water partition coefficient (Wildman–Crippen LogP) is 3.78. The van der Waals surface area contributed by atoms with E-state index in [1.807, 2.05) is 16.7 Å². The Morgan fingerprint density at radius 2 is 2.04 bits per heavy atom. The molecule has 1 aromatic carbocycles. The van der Waals surface area contributed by atoms with Gasteiger partial charge in [-0.1, -0.05) is 25.1 Å². The fraction of sp³-hybridized carbons (Fsp3) is 0.526. The van der Waals surface area contributed by atoms with Gasteiger partial charge in [0, 0.05) is 24.6 Å². The minimum atomic E-state index is 0.242. The summed E-state index contributed by atoms with van der Waals surface area (Å²) in [7, 11) is 0. The molecule has 1 aromatic rings. The Labute approximate surface area is 144 Å². The lowest BCUT2D eigenvalue weighted by molar-refractivity contribution is -0.132. The Bertz CT molecular complexity index is 493. The third-order valence-corrected chi connectivity index (χ3v) is 5.04. The highest BCUT2D eigenvalue weighted by atomic mass is 32.2. The summed E-state index contributed by atoms with van der Waals surface area (Å²) < 4.78 is 5.52. The molecule has 0 radical (unpaired) electrons. The summed E-state index contributed by atoms with van der Waals surface area (Å²) in [6.45, 7) is 8.90. The van der Waals surface area contributed by atoms with Crippen molar-refractivity contribution in [3.8, 4) is 0 Å². The van der Waals surface area contributed by atoms with Gasteiger partial charge in [-0.15, -0.1) is 18.3 Å². The van der Waals surface area contributed by atoms with Crippen LogP contribution in [0.5, 0.6) is 0 Å². The zero-order valence-corrected chi connectivity index (χ0v) is 14.8. The third-order valence-electron chi connectivity index (χ3n) is 4.15. The quantitative estimate of drug-likeness (QED) is 0.412. The van der Waals surface area contributed by atoms with Crippen molar-refractivity contribution in [3.63, 3.8) is 0 Å². The van der Waals surface area contributed by atoms with Gasteiger partial charge in [0.15, 0.2) is 0 Å². The van der Waals surface area contributed by atoms with E-state index in [1.165, 1.54) is 4.90 Å². The molecule has 1 saturated heterocycles. The number of rotatable bonds is 8. The van der Waals surface area contributed by atoms with Crippen LogP contribution < -0.4 is 0 Å². The molecular formula is C19H27NO2S. The van der Waals surface area contributed by atoms with Crippen molar-refractivity contribution in [2.24, 2.45) is 5.92 Å². The number of carbonyl (C=O) groups is 1. The molecule has 1 aliphatic heterocycles. The van der Waals surface area contributed by atoms with Gasteiger partial charge in [-0.3, -0.25) is 4.79 Å². The number of thioether (sulfide) groups is 1. The van der Waals surface area contributed by atoms with E-state index < -0.39 is 0 Å². The lowest BCUT2D eigenvalue weighted by atomic mass is 9.97. The van der Waals surface area contributed by atoms with Crippen molar-refractivity contribution in [1.82, 2.24) is 4.90 Å². The average molecular weight is 333 g/mol. The fourth-order valence-corrected chi connectivity index (χ4v) is 3.49. The van der Waals surface area contributed by atoms with Gasteiger partial charge >= 0.3 is 0 Å². The Morgan fingerprint density at radius 1 is 1.35 bits per heavy atom. The SMILES string of the molecule is C=CCOCC1CCN(C(=O)Cc2ccc(SCC)cc2)CC1. The van der Waals surface area contributed by atoms with Gasteiger partial charge in [0.05, 0.1) is 13.0 Å². The van der Waals surface area contributed by atoms with E-state index in [2.05, 4.69) is 37.8 Å². The third kappa shape index (κ3) is 6.04. The summed E-state index contributed by atoms with van der Waals surface area (Å²) in [5.41, 5.74) is 1.10. The molecule has 1 fully saturated rings. The minimum Gasteiger partial charge on any atom is -0.377 e. The standard InChI is InChI=1S/C19H27NO2S/c1-3-13-22-15-17-9-11-20(12-10-17)19(21)14-16-5-7-18(8-6-16)23-4-2/h3,5-8,17H,1,4,9-15H2,2H3. The van der Waals surface area contributed by atoms with Gasteiger partial charge in [0.2, 0.25) is 5.91 Å². The highest BCUT2D eigenvalue weighted by Crippen LogP contribution is 2.20.